The van der Waals surface area contributed by atoms with Crippen LogP contribution in [0.1, 0.15) is 73.6 Å². The number of aliphatic hydroxyl groups excluding tert-OH is 1. The summed E-state index contributed by atoms with van der Waals surface area (Å²) in [4.78, 5) is 34.8. The third-order valence-electron chi connectivity index (χ3n) is 4.58. The minimum atomic E-state index is -0.954. The summed E-state index contributed by atoms with van der Waals surface area (Å²) < 4.78 is 10.5. The van der Waals surface area contributed by atoms with Gasteiger partial charge in [0.2, 0.25) is 0 Å². The fraction of sp³-hybridized carbons (Fsp3) is 0.625. The van der Waals surface area contributed by atoms with Crippen molar-refractivity contribution in [3.05, 3.63) is 34.9 Å². The van der Waals surface area contributed by atoms with E-state index in [0.717, 1.165) is 6.42 Å². The molecule has 0 fully saturated rings. The number of carbonyl (C=O) groups is 3. The van der Waals surface area contributed by atoms with Gasteiger partial charge in [-0.25, -0.2) is 14.4 Å². The highest BCUT2D eigenvalue weighted by Crippen LogP contribution is 2.23. The molecule has 7 heteroatoms. The molecular formula is C24H38O7. The van der Waals surface area contributed by atoms with Crippen LogP contribution < -0.4 is 0 Å². The van der Waals surface area contributed by atoms with Crippen molar-refractivity contribution in [1.29, 1.82) is 0 Å². The van der Waals surface area contributed by atoms with E-state index in [2.05, 4.69) is 0 Å². The minimum Gasteiger partial charge on any atom is -0.478 e. The van der Waals surface area contributed by atoms with Crippen LogP contribution >= 0.6 is 0 Å². The molecule has 0 saturated carbocycles. The van der Waals surface area contributed by atoms with Crippen molar-refractivity contribution in [2.24, 2.45) is 5.41 Å². The summed E-state index contributed by atoms with van der Waals surface area (Å²) in [6.45, 7) is 10.9. The number of aliphatic carboxylic acids is 1. The third kappa shape index (κ3) is 14.3. The van der Waals surface area contributed by atoms with Gasteiger partial charge in [-0.1, -0.05) is 32.1 Å². The first-order valence-electron chi connectivity index (χ1n) is 10.6. The molecular weight excluding hydrogens is 400 g/mol. The predicted octanol–water partition coefficient (Wildman–Crippen LogP) is 4.35. The van der Waals surface area contributed by atoms with E-state index < -0.39 is 18.0 Å². The van der Waals surface area contributed by atoms with Crippen molar-refractivity contribution in [3.8, 4) is 0 Å². The van der Waals surface area contributed by atoms with Crippen LogP contribution in [0.5, 0.6) is 0 Å². The number of hydrogen-bond acceptors (Lipinski definition) is 6. The van der Waals surface area contributed by atoms with Crippen LogP contribution in [0.15, 0.2) is 34.9 Å². The first kappa shape index (κ1) is 28.6. The molecule has 0 heterocycles. The lowest BCUT2D eigenvalue weighted by Crippen LogP contribution is -2.22. The second-order valence-corrected chi connectivity index (χ2v) is 8.63. The van der Waals surface area contributed by atoms with Gasteiger partial charge in [-0.2, -0.15) is 0 Å². The number of carboxylic acids is 1. The zero-order valence-electron chi connectivity index (χ0n) is 19.7. The van der Waals surface area contributed by atoms with Crippen molar-refractivity contribution in [3.63, 3.8) is 0 Å². The van der Waals surface area contributed by atoms with Crippen molar-refractivity contribution in [1.82, 2.24) is 0 Å². The molecule has 1 atom stereocenters. The standard InChI is InChI=1S/C24H38O7/c1-17(21(26)27)13-14-24(5,6)16-31-23(29)18(2)10-8-7-9-15-30-22(28)19(3)11-12-20(4)25/h10-11,13,20,25H,7-9,12,14-16H2,1-6H3,(H,26,27). The molecule has 0 aliphatic rings. The molecule has 2 N–H and O–H groups in total. The van der Waals surface area contributed by atoms with Crippen LogP contribution in [0, 0.1) is 5.41 Å². The van der Waals surface area contributed by atoms with E-state index in [1.807, 2.05) is 13.8 Å². The number of aliphatic hydroxyl groups is 1. The van der Waals surface area contributed by atoms with Crippen molar-refractivity contribution >= 4 is 17.9 Å². The van der Waals surface area contributed by atoms with E-state index in [9.17, 15) is 19.5 Å². The van der Waals surface area contributed by atoms with Crippen LogP contribution in [0.2, 0.25) is 0 Å². The summed E-state index contributed by atoms with van der Waals surface area (Å²) in [5, 5.41) is 18.1. The molecule has 1 unspecified atom stereocenters. The number of ether oxygens (including phenoxy) is 2. The smallest absolute Gasteiger partial charge is 0.333 e. The zero-order valence-corrected chi connectivity index (χ0v) is 19.7. The Labute approximate surface area is 185 Å². The van der Waals surface area contributed by atoms with E-state index in [-0.39, 0.29) is 23.6 Å². The summed E-state index contributed by atoms with van der Waals surface area (Å²) in [7, 11) is 0. The molecule has 0 saturated heterocycles. The molecule has 0 spiro atoms. The fourth-order valence-corrected chi connectivity index (χ4v) is 2.31. The Kier molecular flexibility index (Phi) is 13.4. The van der Waals surface area contributed by atoms with Crippen LogP contribution in [-0.2, 0) is 23.9 Å². The summed E-state index contributed by atoms with van der Waals surface area (Å²) in [6.07, 6.45) is 7.62. The number of carbonyl (C=O) groups excluding carboxylic acids is 2. The largest absolute Gasteiger partial charge is 0.478 e. The normalized spacial score (nSPS) is 14.2. The van der Waals surface area contributed by atoms with Gasteiger partial charge in [0.1, 0.15) is 0 Å². The van der Waals surface area contributed by atoms with Gasteiger partial charge < -0.3 is 19.7 Å². The number of allylic oxidation sites excluding steroid dienone is 2. The second-order valence-electron chi connectivity index (χ2n) is 8.63. The molecule has 7 nitrogen and oxygen atoms in total. The van der Waals surface area contributed by atoms with E-state index in [0.29, 0.717) is 43.4 Å². The van der Waals surface area contributed by atoms with E-state index in [1.54, 1.807) is 39.0 Å². The topological polar surface area (TPSA) is 110 Å². The second kappa shape index (κ2) is 14.6. The Morgan fingerprint density at radius 3 is 2.06 bits per heavy atom. The highest BCUT2D eigenvalue weighted by Gasteiger charge is 2.20. The van der Waals surface area contributed by atoms with Crippen LogP contribution in [-0.4, -0.2) is 47.4 Å². The van der Waals surface area contributed by atoms with E-state index >= 15 is 0 Å². The highest BCUT2D eigenvalue weighted by atomic mass is 16.5. The number of carboxylic acid groups (broad SMARTS) is 1. The van der Waals surface area contributed by atoms with Gasteiger partial charge in [-0.05, 0) is 59.8 Å². The molecule has 0 aromatic carbocycles. The maximum atomic E-state index is 12.1. The summed E-state index contributed by atoms with van der Waals surface area (Å²) in [5.74, 6) is -1.73. The molecule has 176 valence electrons. The number of rotatable bonds is 14. The number of unbranched alkanes of at least 4 members (excludes halogenated alkanes) is 2. The van der Waals surface area contributed by atoms with Gasteiger partial charge in [-0.3, -0.25) is 0 Å². The molecule has 31 heavy (non-hydrogen) atoms. The van der Waals surface area contributed by atoms with E-state index in [1.165, 1.54) is 6.92 Å². The van der Waals surface area contributed by atoms with Gasteiger partial charge in [0.15, 0.2) is 0 Å². The maximum absolute atomic E-state index is 12.1. The van der Waals surface area contributed by atoms with Gasteiger partial charge in [0, 0.05) is 22.1 Å². The summed E-state index contributed by atoms with van der Waals surface area (Å²) in [5.41, 5.74) is 0.906. The van der Waals surface area contributed by atoms with Gasteiger partial charge in [0.25, 0.3) is 0 Å². The lowest BCUT2D eigenvalue weighted by atomic mass is 9.89. The first-order valence-corrected chi connectivity index (χ1v) is 10.6. The Morgan fingerprint density at radius 2 is 1.48 bits per heavy atom. The maximum Gasteiger partial charge on any atom is 0.333 e. The highest BCUT2D eigenvalue weighted by molar-refractivity contribution is 5.88. The Balaban J connectivity index is 4.22. The molecule has 0 aromatic heterocycles. The van der Waals surface area contributed by atoms with Gasteiger partial charge in [0.05, 0.1) is 19.3 Å². The summed E-state index contributed by atoms with van der Waals surface area (Å²) >= 11 is 0. The Morgan fingerprint density at radius 1 is 0.903 bits per heavy atom. The van der Waals surface area contributed by atoms with Crippen molar-refractivity contribution < 1.29 is 34.1 Å². The Hall–Kier alpha value is -2.41. The monoisotopic (exact) mass is 438 g/mol. The molecule has 0 aliphatic heterocycles. The number of esters is 2. The lowest BCUT2D eigenvalue weighted by molar-refractivity contribution is -0.142. The molecule has 0 aromatic rings. The van der Waals surface area contributed by atoms with Crippen LogP contribution in [0.4, 0.5) is 0 Å². The summed E-state index contributed by atoms with van der Waals surface area (Å²) in [6, 6.07) is 0. The first-order chi connectivity index (χ1) is 14.4. The van der Waals surface area contributed by atoms with Crippen molar-refractivity contribution in [2.45, 2.75) is 79.8 Å². The molecule has 0 amide bonds. The van der Waals surface area contributed by atoms with Gasteiger partial charge >= 0.3 is 17.9 Å². The number of hydrogen-bond donors (Lipinski definition) is 2. The zero-order chi connectivity index (χ0) is 24.0. The molecule has 0 aliphatic carbocycles. The lowest BCUT2D eigenvalue weighted by Gasteiger charge is -2.22. The van der Waals surface area contributed by atoms with Crippen LogP contribution in [0.3, 0.4) is 0 Å². The van der Waals surface area contributed by atoms with Crippen LogP contribution in [0.25, 0.3) is 0 Å². The minimum absolute atomic E-state index is 0.193. The molecule has 0 radical (unpaired) electrons. The fourth-order valence-electron chi connectivity index (χ4n) is 2.31. The molecule has 0 bridgehead atoms. The average molecular weight is 439 g/mol. The average Bonchev–Trinajstić information content (AvgIpc) is 2.70. The Bertz CT molecular complexity index is 697. The van der Waals surface area contributed by atoms with Crippen molar-refractivity contribution in [2.75, 3.05) is 13.2 Å². The predicted molar refractivity (Wildman–Crippen MR) is 119 cm³/mol. The molecule has 0 rings (SSSR count). The van der Waals surface area contributed by atoms with E-state index in [4.69, 9.17) is 14.6 Å². The SMILES string of the molecule is CC(=CCC(C)(C)COC(=O)C(C)=CCCCCOC(=O)C(C)=CCC(C)O)C(=O)O. The van der Waals surface area contributed by atoms with Gasteiger partial charge in [-0.15, -0.1) is 0 Å². The quantitative estimate of drug-likeness (QED) is 0.236. The third-order valence-corrected chi connectivity index (χ3v) is 4.58.